The van der Waals surface area contributed by atoms with E-state index in [0.29, 0.717) is 0 Å². The molecule has 0 radical (unpaired) electrons. The van der Waals surface area contributed by atoms with Crippen LogP contribution >= 0.6 is 27.3 Å². The second-order valence-corrected chi connectivity index (χ2v) is 7.53. The van der Waals surface area contributed by atoms with E-state index in [1.165, 1.54) is 16.2 Å². The second kappa shape index (κ2) is 5.70. The standard InChI is InChI=1S/C17H17BrN2OS/c1-2-4-17-20-14(10-13(19-20)16-5-3-8-22-16)12-9-11(18)6-7-15(12)21-17/h3,5-9,14,17H,2,4,10H2,1H3/t14-,17+/m1/s1. The molecule has 0 aliphatic carbocycles. The Morgan fingerprint density at radius 3 is 3.09 bits per heavy atom. The number of hydrazone groups is 1. The average Bonchev–Trinajstić information content (AvgIpc) is 3.17. The molecule has 2 aliphatic heterocycles. The zero-order chi connectivity index (χ0) is 15.1. The Morgan fingerprint density at radius 2 is 2.32 bits per heavy atom. The van der Waals surface area contributed by atoms with E-state index in [1.807, 2.05) is 6.07 Å². The molecule has 0 fully saturated rings. The Hall–Kier alpha value is -1.33. The molecule has 4 rings (SSSR count). The molecule has 2 atom stereocenters. The highest BCUT2D eigenvalue weighted by Crippen LogP contribution is 2.44. The number of halogens is 1. The van der Waals surface area contributed by atoms with Crippen LogP contribution in [0.2, 0.25) is 0 Å². The molecule has 0 unspecified atom stereocenters. The van der Waals surface area contributed by atoms with Crippen molar-refractivity contribution in [3.05, 3.63) is 50.6 Å². The number of thiophene rings is 1. The first-order valence-corrected chi connectivity index (χ1v) is 9.29. The maximum Gasteiger partial charge on any atom is 0.187 e. The van der Waals surface area contributed by atoms with Crippen molar-refractivity contribution in [3.8, 4) is 5.75 Å². The summed E-state index contributed by atoms with van der Waals surface area (Å²) in [6.07, 6.45) is 3.07. The highest BCUT2D eigenvalue weighted by Gasteiger charge is 2.39. The van der Waals surface area contributed by atoms with Gasteiger partial charge in [-0.05, 0) is 29.6 Å². The van der Waals surface area contributed by atoms with Gasteiger partial charge in [0.05, 0.1) is 16.6 Å². The van der Waals surface area contributed by atoms with E-state index in [0.717, 1.165) is 29.5 Å². The normalized spacial score (nSPS) is 22.8. The molecule has 1 aromatic heterocycles. The van der Waals surface area contributed by atoms with E-state index in [9.17, 15) is 0 Å². The van der Waals surface area contributed by atoms with Crippen LogP contribution in [0.1, 0.15) is 42.7 Å². The van der Waals surface area contributed by atoms with E-state index in [2.05, 4.69) is 57.5 Å². The van der Waals surface area contributed by atoms with Crippen LogP contribution in [0.3, 0.4) is 0 Å². The predicted molar refractivity (Wildman–Crippen MR) is 93.5 cm³/mol. The van der Waals surface area contributed by atoms with E-state index < -0.39 is 0 Å². The maximum atomic E-state index is 6.21. The van der Waals surface area contributed by atoms with Crippen LogP contribution in [0.25, 0.3) is 0 Å². The summed E-state index contributed by atoms with van der Waals surface area (Å²) in [6.45, 7) is 2.19. The highest BCUT2D eigenvalue weighted by atomic mass is 79.9. The first-order chi connectivity index (χ1) is 10.8. The SMILES string of the molecule is CCC[C@@H]1Oc2ccc(Br)cc2[C@H]2CC(c3cccs3)=NN12. The van der Waals surface area contributed by atoms with E-state index in [-0.39, 0.29) is 12.3 Å². The van der Waals surface area contributed by atoms with Crippen molar-refractivity contribution in [1.82, 2.24) is 5.01 Å². The summed E-state index contributed by atoms with van der Waals surface area (Å²) < 4.78 is 7.30. The van der Waals surface area contributed by atoms with Crippen molar-refractivity contribution in [2.45, 2.75) is 38.5 Å². The van der Waals surface area contributed by atoms with Crippen molar-refractivity contribution >= 4 is 33.0 Å². The second-order valence-electron chi connectivity index (χ2n) is 5.67. The van der Waals surface area contributed by atoms with Gasteiger partial charge in [0.1, 0.15) is 5.75 Å². The highest BCUT2D eigenvalue weighted by molar-refractivity contribution is 9.10. The third-order valence-corrected chi connectivity index (χ3v) is 5.58. The van der Waals surface area contributed by atoms with Gasteiger partial charge in [0, 0.05) is 22.9 Å². The fraction of sp³-hybridized carbons (Fsp3) is 0.353. The fourth-order valence-corrected chi connectivity index (χ4v) is 4.26. The molecule has 3 heterocycles. The van der Waals surface area contributed by atoms with Gasteiger partial charge in [-0.25, -0.2) is 0 Å². The number of hydrogen-bond acceptors (Lipinski definition) is 4. The molecular formula is C17H17BrN2OS. The van der Waals surface area contributed by atoms with Crippen LogP contribution in [0.4, 0.5) is 0 Å². The first kappa shape index (κ1) is 14.3. The monoisotopic (exact) mass is 376 g/mol. The Labute approximate surface area is 142 Å². The van der Waals surface area contributed by atoms with Gasteiger partial charge >= 0.3 is 0 Å². The largest absolute Gasteiger partial charge is 0.469 e. The van der Waals surface area contributed by atoms with Crippen LogP contribution in [-0.4, -0.2) is 16.9 Å². The summed E-state index contributed by atoms with van der Waals surface area (Å²) in [6, 6.07) is 10.8. The van der Waals surface area contributed by atoms with Crippen molar-refractivity contribution in [2.24, 2.45) is 5.10 Å². The van der Waals surface area contributed by atoms with Crippen LogP contribution < -0.4 is 4.74 Å². The quantitative estimate of drug-likeness (QED) is 0.736. The topological polar surface area (TPSA) is 24.8 Å². The zero-order valence-corrected chi connectivity index (χ0v) is 14.7. The molecule has 0 amide bonds. The summed E-state index contributed by atoms with van der Waals surface area (Å²) in [5.41, 5.74) is 2.41. The molecule has 2 aromatic rings. The minimum atomic E-state index is 0.0427. The van der Waals surface area contributed by atoms with E-state index in [4.69, 9.17) is 9.84 Å². The van der Waals surface area contributed by atoms with Crippen molar-refractivity contribution in [1.29, 1.82) is 0 Å². The Balaban J connectivity index is 1.74. The Kier molecular flexibility index (Phi) is 3.70. The van der Waals surface area contributed by atoms with Crippen molar-refractivity contribution in [3.63, 3.8) is 0 Å². The predicted octanol–water partition coefficient (Wildman–Crippen LogP) is 5.18. The number of fused-ring (bicyclic) bond motifs is 3. The molecule has 3 nitrogen and oxygen atoms in total. The Morgan fingerprint density at radius 1 is 1.41 bits per heavy atom. The number of benzene rings is 1. The molecule has 0 spiro atoms. The van der Waals surface area contributed by atoms with Gasteiger partial charge in [-0.2, -0.15) is 5.10 Å². The number of ether oxygens (including phenoxy) is 1. The molecule has 22 heavy (non-hydrogen) atoms. The van der Waals surface area contributed by atoms with Crippen molar-refractivity contribution in [2.75, 3.05) is 0 Å². The van der Waals surface area contributed by atoms with Crippen LogP contribution in [0, 0.1) is 0 Å². The van der Waals surface area contributed by atoms with Gasteiger partial charge in [-0.1, -0.05) is 35.3 Å². The molecule has 2 aliphatic rings. The molecule has 5 heteroatoms. The molecule has 114 valence electrons. The van der Waals surface area contributed by atoms with Crippen molar-refractivity contribution < 1.29 is 4.74 Å². The minimum Gasteiger partial charge on any atom is -0.469 e. The van der Waals surface area contributed by atoms with Gasteiger partial charge in [-0.15, -0.1) is 11.3 Å². The van der Waals surface area contributed by atoms with E-state index >= 15 is 0 Å². The van der Waals surface area contributed by atoms with Crippen LogP contribution in [-0.2, 0) is 0 Å². The van der Waals surface area contributed by atoms with Crippen LogP contribution in [0.15, 0.2) is 45.3 Å². The van der Waals surface area contributed by atoms with Crippen LogP contribution in [0.5, 0.6) is 5.75 Å². The zero-order valence-electron chi connectivity index (χ0n) is 12.3. The smallest absolute Gasteiger partial charge is 0.187 e. The third kappa shape index (κ3) is 2.36. The summed E-state index contributed by atoms with van der Waals surface area (Å²) in [5, 5.41) is 9.19. The first-order valence-electron chi connectivity index (χ1n) is 7.62. The molecule has 0 saturated heterocycles. The summed E-state index contributed by atoms with van der Waals surface area (Å²) in [7, 11) is 0. The van der Waals surface area contributed by atoms with Gasteiger partial charge in [-0.3, -0.25) is 5.01 Å². The summed E-state index contributed by atoms with van der Waals surface area (Å²) >= 11 is 5.33. The van der Waals surface area contributed by atoms with Gasteiger partial charge < -0.3 is 4.74 Å². The molecule has 0 saturated carbocycles. The molecule has 0 bridgehead atoms. The molecular weight excluding hydrogens is 360 g/mol. The maximum absolute atomic E-state index is 6.21. The number of hydrogen-bond donors (Lipinski definition) is 0. The lowest BCUT2D eigenvalue weighted by Crippen LogP contribution is -2.40. The average molecular weight is 377 g/mol. The molecule has 0 N–H and O–H groups in total. The number of rotatable bonds is 3. The summed E-state index contributed by atoms with van der Waals surface area (Å²) in [4.78, 5) is 1.26. The number of nitrogens with zero attached hydrogens (tertiary/aromatic N) is 2. The lowest BCUT2D eigenvalue weighted by Gasteiger charge is -2.38. The van der Waals surface area contributed by atoms with Gasteiger partial charge in [0.25, 0.3) is 0 Å². The summed E-state index contributed by atoms with van der Waals surface area (Å²) in [5.74, 6) is 1.01. The minimum absolute atomic E-state index is 0.0427. The lowest BCUT2D eigenvalue weighted by atomic mass is 9.98. The third-order valence-electron chi connectivity index (χ3n) is 4.17. The van der Waals surface area contributed by atoms with Gasteiger partial charge in [0.15, 0.2) is 6.23 Å². The lowest BCUT2D eigenvalue weighted by molar-refractivity contribution is -0.0223. The fourth-order valence-electron chi connectivity index (χ4n) is 3.16. The van der Waals surface area contributed by atoms with Gasteiger partial charge in [0.2, 0.25) is 0 Å². The van der Waals surface area contributed by atoms with E-state index in [1.54, 1.807) is 11.3 Å². The molecule has 1 aromatic carbocycles. The Bertz CT molecular complexity index is 713.